The second-order valence-corrected chi connectivity index (χ2v) is 5.33. The molecule has 0 aliphatic heterocycles. The highest BCUT2D eigenvalue weighted by Crippen LogP contribution is 2.73. The molecule has 14 heavy (non-hydrogen) atoms. The van der Waals surface area contributed by atoms with Crippen molar-refractivity contribution in [2.75, 3.05) is 0 Å². The van der Waals surface area contributed by atoms with Gasteiger partial charge in [0.25, 0.3) is 0 Å². The van der Waals surface area contributed by atoms with E-state index < -0.39 is 0 Å². The first kappa shape index (κ1) is 9.97. The molecule has 1 saturated carbocycles. The molecule has 1 aromatic rings. The molecule has 0 aromatic carbocycles. The molecule has 1 heterocycles. The third-order valence-corrected chi connectivity index (χ3v) is 4.11. The van der Waals surface area contributed by atoms with Crippen LogP contribution >= 0.6 is 11.6 Å². The molecule has 1 aromatic heterocycles. The SMILES string of the molecule is CC1(C)C(c2nc(CCl)no2)C1(C)C. The summed E-state index contributed by atoms with van der Waals surface area (Å²) in [6, 6.07) is 0. The third kappa shape index (κ3) is 1.11. The Hall–Kier alpha value is -0.570. The monoisotopic (exact) mass is 214 g/mol. The maximum Gasteiger partial charge on any atom is 0.230 e. The Bertz CT molecular complexity index is 343. The molecule has 1 fully saturated rings. The van der Waals surface area contributed by atoms with Crippen molar-refractivity contribution >= 4 is 11.6 Å². The van der Waals surface area contributed by atoms with Crippen LogP contribution in [0.2, 0.25) is 0 Å². The van der Waals surface area contributed by atoms with Gasteiger partial charge >= 0.3 is 0 Å². The van der Waals surface area contributed by atoms with E-state index in [1.807, 2.05) is 0 Å². The second kappa shape index (κ2) is 2.72. The lowest BCUT2D eigenvalue weighted by Crippen LogP contribution is -1.95. The largest absolute Gasteiger partial charge is 0.339 e. The minimum absolute atomic E-state index is 0.239. The lowest BCUT2D eigenvalue weighted by molar-refractivity contribution is 0.362. The molecule has 2 rings (SSSR count). The molecule has 0 spiro atoms. The van der Waals surface area contributed by atoms with E-state index in [-0.39, 0.29) is 10.8 Å². The number of alkyl halides is 1. The summed E-state index contributed by atoms with van der Waals surface area (Å²) in [6.07, 6.45) is 0. The van der Waals surface area contributed by atoms with Gasteiger partial charge in [-0.25, -0.2) is 0 Å². The van der Waals surface area contributed by atoms with Crippen LogP contribution in [0.4, 0.5) is 0 Å². The van der Waals surface area contributed by atoms with Crippen molar-refractivity contribution in [3.8, 4) is 0 Å². The van der Waals surface area contributed by atoms with Crippen molar-refractivity contribution in [3.05, 3.63) is 11.7 Å². The topological polar surface area (TPSA) is 38.9 Å². The Morgan fingerprint density at radius 3 is 2.21 bits per heavy atom. The Labute approximate surface area is 88.8 Å². The molecule has 0 unspecified atom stereocenters. The van der Waals surface area contributed by atoms with Crippen LogP contribution < -0.4 is 0 Å². The lowest BCUT2D eigenvalue weighted by atomic mass is 10.0. The van der Waals surface area contributed by atoms with E-state index >= 15 is 0 Å². The first-order valence-corrected chi connectivity index (χ1v) is 5.33. The average Bonchev–Trinajstić information content (AvgIpc) is 2.51. The van der Waals surface area contributed by atoms with Gasteiger partial charge in [-0.15, -0.1) is 11.6 Å². The van der Waals surface area contributed by atoms with Crippen molar-refractivity contribution in [3.63, 3.8) is 0 Å². The summed E-state index contributed by atoms with van der Waals surface area (Å²) < 4.78 is 5.21. The van der Waals surface area contributed by atoms with E-state index in [0.717, 1.165) is 5.89 Å². The Morgan fingerprint density at radius 2 is 1.86 bits per heavy atom. The van der Waals surface area contributed by atoms with Crippen LogP contribution in [0.5, 0.6) is 0 Å². The van der Waals surface area contributed by atoms with E-state index in [0.29, 0.717) is 17.6 Å². The van der Waals surface area contributed by atoms with E-state index in [9.17, 15) is 0 Å². The third-order valence-electron chi connectivity index (χ3n) is 3.87. The first-order chi connectivity index (χ1) is 6.41. The molecule has 1 aliphatic carbocycles. The summed E-state index contributed by atoms with van der Waals surface area (Å²) >= 11 is 5.62. The molecule has 0 amide bonds. The van der Waals surface area contributed by atoms with Crippen LogP contribution in [0.25, 0.3) is 0 Å². The maximum absolute atomic E-state index is 5.62. The van der Waals surface area contributed by atoms with Crippen LogP contribution in [0.15, 0.2) is 4.52 Å². The van der Waals surface area contributed by atoms with Gasteiger partial charge in [0.2, 0.25) is 5.89 Å². The highest BCUT2D eigenvalue weighted by molar-refractivity contribution is 6.16. The van der Waals surface area contributed by atoms with Gasteiger partial charge < -0.3 is 4.52 Å². The quantitative estimate of drug-likeness (QED) is 0.711. The smallest absolute Gasteiger partial charge is 0.230 e. The van der Waals surface area contributed by atoms with Gasteiger partial charge in [0.05, 0.1) is 5.88 Å². The Balaban J connectivity index is 2.27. The molecule has 1 aliphatic rings. The zero-order valence-electron chi connectivity index (χ0n) is 8.97. The van der Waals surface area contributed by atoms with Crippen LogP contribution in [0.3, 0.4) is 0 Å². The van der Waals surface area contributed by atoms with Gasteiger partial charge in [0, 0.05) is 5.92 Å². The summed E-state index contributed by atoms with van der Waals surface area (Å²) in [5.41, 5.74) is 0.478. The van der Waals surface area contributed by atoms with Crippen molar-refractivity contribution in [1.82, 2.24) is 10.1 Å². The normalized spacial score (nSPS) is 23.8. The number of hydrogen-bond donors (Lipinski definition) is 0. The van der Waals surface area contributed by atoms with Gasteiger partial charge in [-0.05, 0) is 10.8 Å². The van der Waals surface area contributed by atoms with Crippen LogP contribution in [-0.4, -0.2) is 10.1 Å². The molecule has 3 nitrogen and oxygen atoms in total. The summed E-state index contributed by atoms with van der Waals surface area (Å²) in [5.74, 6) is 1.99. The molecule has 0 N–H and O–H groups in total. The lowest BCUT2D eigenvalue weighted by Gasteiger charge is -2.03. The zero-order valence-corrected chi connectivity index (χ0v) is 9.72. The van der Waals surface area contributed by atoms with Crippen LogP contribution in [0, 0.1) is 10.8 Å². The maximum atomic E-state index is 5.62. The number of rotatable bonds is 2. The fourth-order valence-electron chi connectivity index (χ4n) is 2.25. The number of aromatic nitrogens is 2. The van der Waals surface area contributed by atoms with Crippen molar-refractivity contribution in [2.24, 2.45) is 10.8 Å². The predicted octanol–water partition coefficient (Wildman–Crippen LogP) is 2.96. The molecule has 4 heteroatoms. The summed E-state index contributed by atoms with van der Waals surface area (Å²) in [5, 5.41) is 3.81. The second-order valence-electron chi connectivity index (χ2n) is 5.06. The molecular formula is C10H15ClN2O. The molecule has 0 saturated heterocycles. The molecule has 0 atom stereocenters. The van der Waals surface area contributed by atoms with Gasteiger partial charge in [-0.1, -0.05) is 32.9 Å². The molecule has 0 bridgehead atoms. The minimum atomic E-state index is 0.239. The molecular weight excluding hydrogens is 200 g/mol. The molecule has 0 radical (unpaired) electrons. The summed E-state index contributed by atoms with van der Waals surface area (Å²) in [7, 11) is 0. The van der Waals surface area contributed by atoms with Crippen LogP contribution in [-0.2, 0) is 5.88 Å². The Morgan fingerprint density at radius 1 is 1.29 bits per heavy atom. The standard InChI is InChI=1S/C10H15ClN2O/c1-9(2)7(10(9,3)4)8-12-6(5-11)13-14-8/h7H,5H2,1-4H3. The number of nitrogens with zero attached hydrogens (tertiary/aromatic N) is 2. The van der Waals surface area contributed by atoms with Gasteiger partial charge in [0.15, 0.2) is 5.82 Å². The number of hydrogen-bond acceptors (Lipinski definition) is 3. The summed E-state index contributed by atoms with van der Waals surface area (Å²) in [6.45, 7) is 8.90. The van der Waals surface area contributed by atoms with E-state index in [2.05, 4.69) is 37.8 Å². The van der Waals surface area contributed by atoms with Crippen molar-refractivity contribution in [2.45, 2.75) is 39.5 Å². The fraction of sp³-hybridized carbons (Fsp3) is 0.800. The predicted molar refractivity (Wildman–Crippen MR) is 54.2 cm³/mol. The van der Waals surface area contributed by atoms with E-state index in [1.54, 1.807) is 0 Å². The van der Waals surface area contributed by atoms with Crippen molar-refractivity contribution < 1.29 is 4.52 Å². The first-order valence-electron chi connectivity index (χ1n) is 4.79. The number of halogens is 1. The highest BCUT2D eigenvalue weighted by atomic mass is 35.5. The van der Waals surface area contributed by atoms with Crippen LogP contribution in [0.1, 0.15) is 45.3 Å². The van der Waals surface area contributed by atoms with Gasteiger partial charge in [-0.2, -0.15) is 4.98 Å². The van der Waals surface area contributed by atoms with Crippen molar-refractivity contribution in [1.29, 1.82) is 0 Å². The molecule has 78 valence electrons. The minimum Gasteiger partial charge on any atom is -0.339 e. The van der Waals surface area contributed by atoms with Gasteiger partial charge in [0.1, 0.15) is 0 Å². The zero-order chi connectivity index (χ0) is 10.6. The van der Waals surface area contributed by atoms with E-state index in [4.69, 9.17) is 16.1 Å². The Kier molecular flexibility index (Phi) is 1.94. The average molecular weight is 215 g/mol. The fourth-order valence-corrected chi connectivity index (χ4v) is 2.36. The highest BCUT2D eigenvalue weighted by Gasteiger charge is 2.67. The van der Waals surface area contributed by atoms with E-state index in [1.165, 1.54) is 0 Å². The van der Waals surface area contributed by atoms with Gasteiger partial charge in [-0.3, -0.25) is 0 Å². The summed E-state index contributed by atoms with van der Waals surface area (Å²) in [4.78, 5) is 4.27.